The van der Waals surface area contributed by atoms with Gasteiger partial charge in [-0.05, 0) is 31.1 Å². The Morgan fingerprint density at radius 2 is 1.67 bits per heavy atom. The first-order valence-corrected chi connectivity index (χ1v) is 7.24. The first-order chi connectivity index (χ1) is 8.69. The highest BCUT2D eigenvalue weighted by molar-refractivity contribution is 6.13. The number of carbonyl (C=O) groups is 2. The van der Waals surface area contributed by atoms with Crippen LogP contribution in [0.3, 0.4) is 0 Å². The van der Waals surface area contributed by atoms with Gasteiger partial charge in [-0.25, -0.2) is 0 Å². The molecule has 0 N–H and O–H groups in total. The van der Waals surface area contributed by atoms with E-state index in [4.69, 9.17) is 0 Å². The van der Waals surface area contributed by atoms with Crippen molar-refractivity contribution in [3.05, 3.63) is 12.2 Å². The molecule has 18 heavy (non-hydrogen) atoms. The van der Waals surface area contributed by atoms with Gasteiger partial charge in [-0.1, -0.05) is 33.1 Å². The third-order valence-corrected chi connectivity index (χ3v) is 4.39. The van der Waals surface area contributed by atoms with Crippen LogP contribution in [0.4, 0.5) is 0 Å². The quantitative estimate of drug-likeness (QED) is 0.703. The monoisotopic (exact) mass is 249 g/mol. The van der Waals surface area contributed by atoms with E-state index in [1.807, 2.05) is 0 Å². The van der Waals surface area contributed by atoms with Crippen LogP contribution in [0.1, 0.15) is 52.4 Å². The molecule has 0 aromatic heterocycles. The van der Waals surface area contributed by atoms with E-state index in [9.17, 15) is 9.59 Å². The molecular weight excluding hydrogens is 226 g/mol. The van der Waals surface area contributed by atoms with Gasteiger partial charge in [0.2, 0.25) is 0 Å². The zero-order valence-electron chi connectivity index (χ0n) is 11.4. The summed E-state index contributed by atoms with van der Waals surface area (Å²) in [5.74, 6) is 0.996. The standard InChI is InChI=1S/C15H23NO2/c1-3-5-11-7-8-13(12(11)6-4-2)16-14(17)9-10-15(16)18/h9-13H,3-8H2,1-2H3/t11-,12-,13-/m0/s1. The molecule has 3 atom stereocenters. The molecule has 0 spiro atoms. The van der Waals surface area contributed by atoms with E-state index in [-0.39, 0.29) is 17.9 Å². The number of imide groups is 1. The van der Waals surface area contributed by atoms with Crippen molar-refractivity contribution in [3.63, 3.8) is 0 Å². The first kappa shape index (κ1) is 13.3. The largest absolute Gasteiger partial charge is 0.272 e. The van der Waals surface area contributed by atoms with Crippen LogP contribution in [0.2, 0.25) is 0 Å². The lowest BCUT2D eigenvalue weighted by Gasteiger charge is -2.30. The summed E-state index contributed by atoms with van der Waals surface area (Å²) in [6, 6.07) is 0.150. The van der Waals surface area contributed by atoms with E-state index in [1.54, 1.807) is 0 Å². The van der Waals surface area contributed by atoms with Gasteiger partial charge in [0.1, 0.15) is 0 Å². The summed E-state index contributed by atoms with van der Waals surface area (Å²) in [5.41, 5.74) is 0. The average molecular weight is 249 g/mol. The molecule has 3 heteroatoms. The highest BCUT2D eigenvalue weighted by atomic mass is 16.2. The Hall–Kier alpha value is -1.12. The van der Waals surface area contributed by atoms with Crippen LogP contribution in [0.5, 0.6) is 0 Å². The van der Waals surface area contributed by atoms with Gasteiger partial charge in [0.05, 0.1) is 0 Å². The molecule has 2 aliphatic rings. The summed E-state index contributed by atoms with van der Waals surface area (Å²) in [4.78, 5) is 25.1. The molecular formula is C15H23NO2. The number of carbonyl (C=O) groups excluding carboxylic acids is 2. The zero-order valence-corrected chi connectivity index (χ0v) is 11.4. The van der Waals surface area contributed by atoms with E-state index >= 15 is 0 Å². The van der Waals surface area contributed by atoms with Gasteiger partial charge in [0.15, 0.2) is 0 Å². The smallest absolute Gasteiger partial charge is 0.253 e. The number of hydrogen-bond acceptors (Lipinski definition) is 2. The lowest BCUT2D eigenvalue weighted by molar-refractivity contribution is -0.140. The minimum atomic E-state index is -0.108. The Labute approximate surface area is 109 Å². The number of amides is 2. The second-order valence-electron chi connectivity index (χ2n) is 5.53. The summed E-state index contributed by atoms with van der Waals surface area (Å²) >= 11 is 0. The zero-order chi connectivity index (χ0) is 13.1. The predicted octanol–water partition coefficient (Wildman–Crippen LogP) is 2.91. The van der Waals surface area contributed by atoms with Crippen molar-refractivity contribution in [2.45, 2.75) is 58.4 Å². The summed E-state index contributed by atoms with van der Waals surface area (Å²) in [6.45, 7) is 4.40. The molecule has 1 aliphatic carbocycles. The van der Waals surface area contributed by atoms with Crippen molar-refractivity contribution < 1.29 is 9.59 Å². The Morgan fingerprint density at radius 3 is 2.22 bits per heavy atom. The normalized spacial score (nSPS) is 31.7. The van der Waals surface area contributed by atoms with Crippen LogP contribution in [0.15, 0.2) is 12.2 Å². The highest BCUT2D eigenvalue weighted by Crippen LogP contribution is 2.41. The average Bonchev–Trinajstić information content (AvgIpc) is 2.86. The fourth-order valence-corrected chi connectivity index (χ4v) is 3.68. The van der Waals surface area contributed by atoms with E-state index in [0.29, 0.717) is 11.8 Å². The van der Waals surface area contributed by atoms with E-state index in [2.05, 4.69) is 13.8 Å². The van der Waals surface area contributed by atoms with Gasteiger partial charge in [-0.2, -0.15) is 0 Å². The fourth-order valence-electron chi connectivity index (χ4n) is 3.68. The van der Waals surface area contributed by atoms with Gasteiger partial charge in [0.25, 0.3) is 11.8 Å². The maximum atomic E-state index is 11.8. The topological polar surface area (TPSA) is 37.4 Å². The minimum absolute atomic E-state index is 0.108. The number of nitrogens with zero attached hydrogens (tertiary/aromatic N) is 1. The van der Waals surface area contributed by atoms with Gasteiger partial charge in [-0.3, -0.25) is 14.5 Å². The van der Waals surface area contributed by atoms with E-state index in [1.165, 1.54) is 36.3 Å². The first-order valence-electron chi connectivity index (χ1n) is 7.24. The predicted molar refractivity (Wildman–Crippen MR) is 70.8 cm³/mol. The Bertz CT molecular complexity index is 344. The molecule has 0 aromatic carbocycles. The molecule has 2 rings (SSSR count). The van der Waals surface area contributed by atoms with Crippen molar-refractivity contribution in [1.29, 1.82) is 0 Å². The van der Waals surface area contributed by atoms with E-state index in [0.717, 1.165) is 19.3 Å². The molecule has 1 saturated carbocycles. The third kappa shape index (κ3) is 2.36. The van der Waals surface area contributed by atoms with Gasteiger partial charge in [0, 0.05) is 18.2 Å². The highest BCUT2D eigenvalue weighted by Gasteiger charge is 2.42. The molecule has 0 aromatic rings. The van der Waals surface area contributed by atoms with E-state index < -0.39 is 0 Å². The third-order valence-electron chi connectivity index (χ3n) is 4.39. The molecule has 100 valence electrons. The van der Waals surface area contributed by atoms with Crippen molar-refractivity contribution in [2.75, 3.05) is 0 Å². The fraction of sp³-hybridized carbons (Fsp3) is 0.733. The lowest BCUT2D eigenvalue weighted by Crippen LogP contribution is -2.43. The molecule has 2 amide bonds. The molecule has 1 fully saturated rings. The van der Waals surface area contributed by atoms with Crippen molar-refractivity contribution in [2.24, 2.45) is 11.8 Å². The molecule has 3 nitrogen and oxygen atoms in total. The minimum Gasteiger partial charge on any atom is -0.272 e. The molecule has 0 saturated heterocycles. The Kier molecular flexibility index (Phi) is 4.20. The molecule has 0 unspecified atom stereocenters. The van der Waals surface area contributed by atoms with Crippen molar-refractivity contribution in [1.82, 2.24) is 4.90 Å². The SMILES string of the molecule is CCC[C@H]1CC[C@H](N2C(=O)C=CC2=O)[C@H]1CCC. The van der Waals surface area contributed by atoms with Crippen molar-refractivity contribution in [3.8, 4) is 0 Å². The second-order valence-corrected chi connectivity index (χ2v) is 5.53. The second kappa shape index (κ2) is 5.68. The molecule has 1 aliphatic heterocycles. The summed E-state index contributed by atoms with van der Waals surface area (Å²) in [5, 5.41) is 0. The van der Waals surface area contributed by atoms with Crippen LogP contribution in [-0.4, -0.2) is 22.8 Å². The van der Waals surface area contributed by atoms with Gasteiger partial charge < -0.3 is 0 Å². The maximum absolute atomic E-state index is 11.8. The van der Waals surface area contributed by atoms with Crippen LogP contribution >= 0.6 is 0 Å². The maximum Gasteiger partial charge on any atom is 0.253 e. The lowest BCUT2D eigenvalue weighted by atomic mass is 9.86. The number of rotatable bonds is 5. The van der Waals surface area contributed by atoms with Gasteiger partial charge >= 0.3 is 0 Å². The van der Waals surface area contributed by atoms with Crippen LogP contribution in [0.25, 0.3) is 0 Å². The Morgan fingerprint density at radius 1 is 1.06 bits per heavy atom. The summed E-state index contributed by atoms with van der Waals surface area (Å²) in [7, 11) is 0. The summed E-state index contributed by atoms with van der Waals surface area (Å²) < 4.78 is 0. The molecule has 0 bridgehead atoms. The van der Waals surface area contributed by atoms with Gasteiger partial charge in [-0.15, -0.1) is 0 Å². The van der Waals surface area contributed by atoms with Crippen molar-refractivity contribution >= 4 is 11.8 Å². The van der Waals surface area contributed by atoms with Crippen LogP contribution in [0, 0.1) is 11.8 Å². The summed E-state index contributed by atoms with van der Waals surface area (Å²) in [6.07, 6.45) is 9.67. The number of hydrogen-bond donors (Lipinski definition) is 0. The molecule has 0 radical (unpaired) electrons. The van der Waals surface area contributed by atoms with Crippen LogP contribution in [-0.2, 0) is 9.59 Å². The molecule has 1 heterocycles. The Balaban J connectivity index is 2.12. The van der Waals surface area contributed by atoms with Crippen LogP contribution < -0.4 is 0 Å².